The summed E-state index contributed by atoms with van der Waals surface area (Å²) in [6, 6.07) is -2.25. The van der Waals surface area contributed by atoms with E-state index in [4.69, 9.17) is 55.4 Å². The molecule has 26 heavy (non-hydrogen) atoms. The highest BCUT2D eigenvalue weighted by Gasteiger charge is 2.58. The summed E-state index contributed by atoms with van der Waals surface area (Å²) in [4.78, 5) is 10.2. The van der Waals surface area contributed by atoms with Crippen LogP contribution in [0.5, 0.6) is 0 Å². The zero-order chi connectivity index (χ0) is 19.5. The summed E-state index contributed by atoms with van der Waals surface area (Å²) in [5, 5.41) is 0. The summed E-state index contributed by atoms with van der Waals surface area (Å²) >= 11 is 4.85. The molecule has 0 aliphatic carbocycles. The van der Waals surface area contributed by atoms with Gasteiger partial charge in [-0.3, -0.25) is 4.52 Å². The van der Waals surface area contributed by atoms with Gasteiger partial charge in [-0.05, 0) is 18.2 Å². The molecule has 2 saturated heterocycles. The van der Waals surface area contributed by atoms with Crippen molar-refractivity contribution in [2.45, 2.75) is 48.8 Å². The van der Waals surface area contributed by atoms with Crippen LogP contribution in [0.2, 0.25) is 0 Å². The predicted octanol–water partition coefficient (Wildman–Crippen LogP) is -0.302. The topological polar surface area (TPSA) is 75.6 Å². The Kier molecular flexibility index (Phi) is 8.11. The van der Waals surface area contributed by atoms with Crippen LogP contribution in [0.1, 0.15) is 6.42 Å². The quantitative estimate of drug-likeness (QED) is 0.412. The van der Waals surface area contributed by atoms with Crippen molar-refractivity contribution in [3.8, 4) is 0 Å². The molecule has 143 valence electrons. The maximum Gasteiger partial charge on any atom is 0.325 e. The van der Waals surface area contributed by atoms with E-state index in [1.165, 1.54) is 21.4 Å². The molecule has 0 saturated carbocycles. The maximum atomic E-state index is 14.2. The number of rotatable bonds is 9. The minimum Gasteiger partial charge on any atom is -0.382 e. The molecule has 7 nitrogen and oxygen atoms in total. The fourth-order valence-electron chi connectivity index (χ4n) is 2.80. The third-order valence-corrected chi connectivity index (χ3v) is 5.69. The zero-order valence-electron chi connectivity index (χ0n) is 14.3. The van der Waals surface area contributed by atoms with E-state index in [2.05, 4.69) is 0 Å². The Bertz CT molecular complexity index is 523. The Hall–Kier alpha value is 0.425. The summed E-state index contributed by atoms with van der Waals surface area (Å²) in [6.07, 6.45) is -3.54. The summed E-state index contributed by atoms with van der Waals surface area (Å²) < 4.78 is 59.1. The molecule has 0 spiro atoms. The first kappa shape index (κ1) is 22.7. The molecule has 0 amide bonds. The minimum absolute atomic E-state index is 0.212. The van der Waals surface area contributed by atoms with Gasteiger partial charge < -0.3 is 28.4 Å². The Morgan fingerprint density at radius 3 is 2.58 bits per heavy atom. The van der Waals surface area contributed by atoms with E-state index in [0.29, 0.717) is 6.42 Å². The number of hydrogen-bond acceptors (Lipinski definition) is 7. The van der Waals surface area contributed by atoms with Crippen LogP contribution < -0.4 is 0 Å². The van der Waals surface area contributed by atoms with Gasteiger partial charge >= 0.3 is 6.72 Å². The predicted molar refractivity (Wildman–Crippen MR) is 94.1 cm³/mol. The van der Waals surface area contributed by atoms with Crippen molar-refractivity contribution in [1.29, 1.82) is 0 Å². The number of alkyl halides is 2. The lowest BCUT2D eigenvalue weighted by Gasteiger charge is -2.28. The van der Waals surface area contributed by atoms with Gasteiger partial charge in [-0.1, -0.05) is 0 Å². The molecule has 2 aliphatic heterocycles. The summed E-state index contributed by atoms with van der Waals surface area (Å²) in [7, 11) is 14.9. The number of ether oxygens (including phenoxy) is 4. The molecule has 2 heterocycles. The Balaban J connectivity index is 1.97. The van der Waals surface area contributed by atoms with Crippen LogP contribution in [0.15, 0.2) is 0 Å². The highest BCUT2D eigenvalue weighted by Crippen LogP contribution is 2.51. The van der Waals surface area contributed by atoms with Gasteiger partial charge in [0.25, 0.3) is 5.92 Å². The molecule has 0 aromatic heterocycles. The fourth-order valence-corrected chi connectivity index (χ4v) is 4.22. The second-order valence-corrected chi connectivity index (χ2v) is 8.72. The van der Waals surface area contributed by atoms with Gasteiger partial charge in [0, 0.05) is 28.0 Å². The monoisotopic (exact) mass is 409 g/mol. The molecule has 14 heteroatoms. The lowest BCUT2D eigenvalue weighted by atomic mass is 9.51. The first-order valence-corrected chi connectivity index (χ1v) is 10.4. The van der Waals surface area contributed by atoms with Gasteiger partial charge in [-0.15, -0.1) is 0 Å². The van der Waals surface area contributed by atoms with Gasteiger partial charge in [0.05, 0.1) is 32.5 Å². The molecule has 5 radical (unpaired) electrons. The Labute approximate surface area is 159 Å². The van der Waals surface area contributed by atoms with Crippen molar-refractivity contribution in [2.24, 2.45) is 0 Å². The van der Waals surface area contributed by atoms with E-state index < -0.39 is 37.0 Å². The molecule has 7 atom stereocenters. The average Bonchev–Trinajstić information content (AvgIpc) is 3.07. The maximum absolute atomic E-state index is 14.2. The van der Waals surface area contributed by atoms with Crippen molar-refractivity contribution >= 4 is 41.3 Å². The lowest BCUT2D eigenvalue weighted by Crippen LogP contribution is -2.42. The van der Waals surface area contributed by atoms with E-state index >= 15 is 0 Å². The van der Waals surface area contributed by atoms with E-state index in [-0.39, 0.29) is 25.3 Å². The van der Waals surface area contributed by atoms with Crippen molar-refractivity contribution < 1.29 is 41.7 Å². The highest BCUT2D eigenvalue weighted by atomic mass is 32.5. The lowest BCUT2D eigenvalue weighted by molar-refractivity contribution is -0.0888. The number of hydrogen-bond donors (Lipinski definition) is 1. The Morgan fingerprint density at radius 1 is 1.31 bits per heavy atom. The number of methoxy groups -OCH3 is 2. The first-order valence-electron chi connectivity index (χ1n) is 7.81. The third-order valence-electron chi connectivity index (χ3n) is 4.14. The first-order chi connectivity index (χ1) is 12.1. The van der Waals surface area contributed by atoms with Gasteiger partial charge in [0.15, 0.2) is 6.10 Å². The highest BCUT2D eigenvalue weighted by molar-refractivity contribution is 8.07. The van der Waals surface area contributed by atoms with Crippen molar-refractivity contribution in [3.63, 3.8) is 0 Å². The molecule has 0 aromatic rings. The third kappa shape index (κ3) is 5.27. The van der Waals surface area contributed by atoms with Crippen LogP contribution in [0.25, 0.3) is 0 Å². The zero-order valence-corrected chi connectivity index (χ0v) is 16.0. The van der Waals surface area contributed by atoms with Crippen LogP contribution in [-0.4, -0.2) is 97.4 Å². The van der Waals surface area contributed by atoms with Crippen LogP contribution in [0, 0.1) is 0 Å². The summed E-state index contributed by atoms with van der Waals surface area (Å²) in [5.74, 6) is -3.57. The van der Waals surface area contributed by atoms with Crippen molar-refractivity contribution in [3.05, 3.63) is 0 Å². The van der Waals surface area contributed by atoms with Gasteiger partial charge in [-0.25, -0.2) is 8.78 Å². The second-order valence-electron chi connectivity index (χ2n) is 5.93. The molecule has 2 aliphatic rings. The molecular weight excluding hydrogens is 390 g/mol. The average molecular weight is 409 g/mol. The number of halogens is 2. The van der Waals surface area contributed by atoms with Crippen molar-refractivity contribution in [2.75, 3.05) is 27.4 Å². The SMILES string of the molecule is [B][B][C@H]1C[C@@H](OC)[C@@H](COP(O)(=S)O[C@H]2[C@@H](COC)O[C@@H]([B])C2(F)F)O1. The van der Waals surface area contributed by atoms with Crippen LogP contribution in [0.3, 0.4) is 0 Å². The standard InChI is InChI=1S/C12H19B3F2O7PS/c1-19-4-8-10(12(16,17)11(13)23-8)24-25(18,26)21-5-7-6(20-2)3-9(15-14)22-7/h6-11H,3-5H2,1-2H3,(H,18,26)/t6-,7-,8-,9-,10+,11-,25?/m1/s1. The van der Waals surface area contributed by atoms with Crippen molar-refractivity contribution in [1.82, 2.24) is 0 Å². The van der Waals surface area contributed by atoms with Gasteiger partial charge in [0.1, 0.15) is 20.1 Å². The molecule has 0 aromatic carbocycles. The summed E-state index contributed by atoms with van der Waals surface area (Å²) in [5.41, 5.74) is 0. The van der Waals surface area contributed by atoms with Crippen LogP contribution in [-0.2, 0) is 39.8 Å². The molecule has 1 N–H and O–H groups in total. The second kappa shape index (κ2) is 9.28. The van der Waals surface area contributed by atoms with E-state index in [1.807, 2.05) is 0 Å². The van der Waals surface area contributed by atoms with Gasteiger partial charge in [-0.2, -0.15) is 0 Å². The summed E-state index contributed by atoms with van der Waals surface area (Å²) in [6.45, 7) is -4.47. The van der Waals surface area contributed by atoms with Crippen LogP contribution in [0.4, 0.5) is 8.78 Å². The molecule has 1 unspecified atom stereocenters. The van der Waals surface area contributed by atoms with E-state index in [9.17, 15) is 13.7 Å². The molecular formula is C12H19B3F2O7PS. The van der Waals surface area contributed by atoms with E-state index in [1.54, 1.807) is 0 Å². The van der Waals surface area contributed by atoms with Gasteiger partial charge in [0.2, 0.25) is 0 Å². The largest absolute Gasteiger partial charge is 0.382 e. The normalized spacial score (nSPS) is 39.0. The fraction of sp³-hybridized carbons (Fsp3) is 1.00. The van der Waals surface area contributed by atoms with Crippen LogP contribution >= 0.6 is 6.72 Å². The minimum atomic E-state index is -4.04. The molecule has 2 rings (SSSR count). The van der Waals surface area contributed by atoms with E-state index in [0.717, 1.165) is 0 Å². The Morgan fingerprint density at radius 2 is 2.00 bits per heavy atom. The molecule has 2 fully saturated rings. The smallest absolute Gasteiger partial charge is 0.325 e. The molecule has 0 bridgehead atoms.